The summed E-state index contributed by atoms with van der Waals surface area (Å²) in [6.07, 6.45) is -4.51. The van der Waals surface area contributed by atoms with Gasteiger partial charge in [0.2, 0.25) is 0 Å². The van der Waals surface area contributed by atoms with Crippen molar-refractivity contribution >= 4 is 11.4 Å². The molecule has 0 aliphatic carbocycles. The van der Waals surface area contributed by atoms with Gasteiger partial charge in [0.25, 0.3) is 0 Å². The molecule has 104 valence electrons. The summed E-state index contributed by atoms with van der Waals surface area (Å²) in [5.74, 6) is 0. The Morgan fingerprint density at radius 1 is 0.950 bits per heavy atom. The number of para-hydroxylation sites is 2. The first kappa shape index (κ1) is 13.9. The minimum Gasteiger partial charge on any atom is -0.691 e. The molecular weight excluding hydrogens is 271 g/mol. The summed E-state index contributed by atoms with van der Waals surface area (Å²) < 4.78 is 38.2. The predicted molar refractivity (Wildman–Crippen MR) is 67.2 cm³/mol. The van der Waals surface area contributed by atoms with E-state index in [1.165, 1.54) is 30.3 Å². The zero-order valence-electron chi connectivity index (χ0n) is 10.1. The molecule has 4 nitrogen and oxygen atoms in total. The highest BCUT2D eigenvalue weighted by Gasteiger charge is 2.34. The van der Waals surface area contributed by atoms with Crippen LogP contribution in [0.1, 0.15) is 5.56 Å². The molecule has 0 bridgehead atoms. The molecule has 1 N–H and O–H groups in total. The molecule has 0 spiro atoms. The molecule has 0 atom stereocenters. The third-order valence-corrected chi connectivity index (χ3v) is 2.47. The minimum absolute atomic E-state index is 0.212. The maximum Gasteiger partial charge on any atom is 0.420 e. The van der Waals surface area contributed by atoms with Gasteiger partial charge in [-0.1, -0.05) is 30.3 Å². The minimum atomic E-state index is -4.51. The van der Waals surface area contributed by atoms with Crippen LogP contribution in [-0.4, -0.2) is 4.86 Å². The summed E-state index contributed by atoms with van der Waals surface area (Å²) >= 11 is 0. The van der Waals surface area contributed by atoms with Crippen molar-refractivity contribution in [2.75, 3.05) is 5.43 Å². The fraction of sp³-hybridized carbons (Fsp3) is 0.0769. The van der Waals surface area contributed by atoms with Crippen LogP contribution in [0, 0.1) is 5.21 Å². The summed E-state index contributed by atoms with van der Waals surface area (Å²) in [6.45, 7) is 0. The smallest absolute Gasteiger partial charge is 0.420 e. The molecule has 0 fully saturated rings. The highest BCUT2D eigenvalue weighted by atomic mass is 19.4. The number of nitrogens with one attached hydrogen (secondary N) is 1. The molecule has 0 saturated heterocycles. The molecule has 0 radical (unpaired) electrons. The van der Waals surface area contributed by atoms with Gasteiger partial charge >= 0.3 is 6.18 Å². The molecular formula is C13H10F3N3O. The van der Waals surface area contributed by atoms with E-state index in [1.807, 2.05) is 0 Å². The van der Waals surface area contributed by atoms with Crippen LogP contribution in [0.5, 0.6) is 0 Å². The number of anilines is 1. The van der Waals surface area contributed by atoms with E-state index in [-0.39, 0.29) is 16.2 Å². The third kappa shape index (κ3) is 3.25. The average molecular weight is 281 g/mol. The molecule has 20 heavy (non-hydrogen) atoms. The van der Waals surface area contributed by atoms with Crippen LogP contribution < -0.4 is 5.43 Å². The van der Waals surface area contributed by atoms with E-state index < -0.39 is 11.7 Å². The lowest BCUT2D eigenvalue weighted by Gasteiger charge is -2.09. The van der Waals surface area contributed by atoms with E-state index >= 15 is 0 Å². The van der Waals surface area contributed by atoms with Crippen LogP contribution >= 0.6 is 0 Å². The monoisotopic (exact) mass is 281 g/mol. The maximum absolute atomic E-state index is 12.7. The van der Waals surface area contributed by atoms with E-state index in [0.29, 0.717) is 0 Å². The lowest BCUT2D eigenvalue weighted by molar-refractivity contribution is -0.439. The number of halogens is 3. The Hall–Kier alpha value is -2.57. The number of rotatable bonds is 3. The summed E-state index contributed by atoms with van der Waals surface area (Å²) in [5, 5.41) is 15.0. The molecule has 2 aromatic carbocycles. The van der Waals surface area contributed by atoms with Crippen molar-refractivity contribution in [3.05, 3.63) is 65.4 Å². The molecule has 7 heteroatoms. The van der Waals surface area contributed by atoms with Gasteiger partial charge < -0.3 is 5.21 Å². The van der Waals surface area contributed by atoms with Crippen LogP contribution in [0.25, 0.3) is 0 Å². The van der Waals surface area contributed by atoms with Gasteiger partial charge in [-0.2, -0.15) is 13.2 Å². The lowest BCUT2D eigenvalue weighted by Crippen LogP contribution is -2.09. The highest BCUT2D eigenvalue weighted by Crippen LogP contribution is 2.34. The molecule has 0 aromatic heterocycles. The van der Waals surface area contributed by atoms with Gasteiger partial charge in [0.1, 0.15) is 5.56 Å². The molecule has 0 amide bonds. The third-order valence-electron chi connectivity index (χ3n) is 2.47. The quantitative estimate of drug-likeness (QED) is 0.517. The SMILES string of the molecule is [O-]/[N+](=N\Nc1ccccc1C(F)(F)F)c1ccccc1. The van der Waals surface area contributed by atoms with Gasteiger partial charge in [0.05, 0.1) is 5.22 Å². The Labute approximate surface area is 112 Å². The standard InChI is InChI=1S/C13H10F3N3O/c14-13(15,16)11-8-4-5-9-12(11)17-18-19(20)10-6-2-1-3-7-10/h1-9,17H/b19-18-. The Morgan fingerprint density at radius 2 is 1.55 bits per heavy atom. The van der Waals surface area contributed by atoms with E-state index in [9.17, 15) is 18.4 Å². The zero-order chi connectivity index (χ0) is 14.6. The molecule has 0 heterocycles. The second-order valence-corrected chi connectivity index (χ2v) is 3.86. The molecule has 0 aliphatic heterocycles. The zero-order valence-corrected chi connectivity index (χ0v) is 10.1. The van der Waals surface area contributed by atoms with Gasteiger partial charge in [-0.25, -0.2) is 0 Å². The summed E-state index contributed by atoms with van der Waals surface area (Å²) in [7, 11) is 0. The topological polar surface area (TPSA) is 50.5 Å². The van der Waals surface area contributed by atoms with E-state index in [4.69, 9.17) is 0 Å². The first-order valence-electron chi connectivity index (χ1n) is 5.63. The number of hydrogen-bond acceptors (Lipinski definition) is 2. The van der Waals surface area contributed by atoms with Crippen molar-refractivity contribution in [3.8, 4) is 0 Å². The van der Waals surface area contributed by atoms with Gasteiger partial charge in [-0.05, 0) is 24.3 Å². The van der Waals surface area contributed by atoms with Crippen LogP contribution in [0.4, 0.5) is 24.5 Å². The summed E-state index contributed by atoms with van der Waals surface area (Å²) in [4.78, 5) is 0.215. The van der Waals surface area contributed by atoms with Crippen LogP contribution in [0.15, 0.2) is 59.8 Å². The lowest BCUT2D eigenvalue weighted by atomic mass is 10.2. The van der Waals surface area contributed by atoms with Crippen molar-refractivity contribution in [3.63, 3.8) is 0 Å². The Kier molecular flexibility index (Phi) is 3.88. The van der Waals surface area contributed by atoms with Gasteiger partial charge in [-0.3, -0.25) is 0 Å². The first-order chi connectivity index (χ1) is 9.48. The fourth-order valence-electron chi connectivity index (χ4n) is 1.54. The number of hydrogen-bond donors (Lipinski definition) is 1. The van der Waals surface area contributed by atoms with Crippen molar-refractivity contribution in [2.45, 2.75) is 6.18 Å². The largest absolute Gasteiger partial charge is 0.691 e. The normalized spacial score (nSPS) is 12.2. The average Bonchev–Trinajstić information content (AvgIpc) is 2.45. The van der Waals surface area contributed by atoms with Gasteiger partial charge in [0, 0.05) is 0 Å². The summed E-state index contributed by atoms with van der Waals surface area (Å²) in [6, 6.07) is 12.7. The Balaban J connectivity index is 2.24. The van der Waals surface area contributed by atoms with E-state index in [0.717, 1.165) is 6.07 Å². The van der Waals surface area contributed by atoms with E-state index in [2.05, 4.69) is 10.6 Å². The Bertz CT molecular complexity index is 612. The molecule has 0 aliphatic rings. The van der Waals surface area contributed by atoms with Gasteiger partial charge in [0.15, 0.2) is 11.4 Å². The van der Waals surface area contributed by atoms with Crippen molar-refractivity contribution in [1.82, 2.24) is 0 Å². The fourth-order valence-corrected chi connectivity index (χ4v) is 1.54. The van der Waals surface area contributed by atoms with Gasteiger partial charge in [-0.15, -0.1) is 10.3 Å². The second kappa shape index (κ2) is 5.60. The van der Waals surface area contributed by atoms with Crippen LogP contribution in [-0.2, 0) is 6.18 Å². The Morgan fingerprint density at radius 3 is 2.20 bits per heavy atom. The van der Waals surface area contributed by atoms with Crippen molar-refractivity contribution in [2.24, 2.45) is 5.22 Å². The molecule has 2 aromatic rings. The van der Waals surface area contributed by atoms with E-state index in [1.54, 1.807) is 18.2 Å². The molecule has 0 saturated carbocycles. The first-order valence-corrected chi connectivity index (χ1v) is 5.63. The van der Waals surface area contributed by atoms with Crippen LogP contribution in [0.3, 0.4) is 0 Å². The summed E-state index contributed by atoms with van der Waals surface area (Å²) in [5.41, 5.74) is 1.18. The number of alkyl halides is 3. The second-order valence-electron chi connectivity index (χ2n) is 3.86. The van der Waals surface area contributed by atoms with Crippen molar-refractivity contribution < 1.29 is 18.0 Å². The maximum atomic E-state index is 12.7. The molecule has 0 unspecified atom stereocenters. The predicted octanol–water partition coefficient (Wildman–Crippen LogP) is 4.33. The highest BCUT2D eigenvalue weighted by molar-refractivity contribution is 5.51. The number of nitrogens with zero attached hydrogens (tertiary/aromatic N) is 2. The van der Waals surface area contributed by atoms with Crippen molar-refractivity contribution in [1.29, 1.82) is 0 Å². The molecule has 2 rings (SSSR count). The number of benzene rings is 2. The van der Waals surface area contributed by atoms with Crippen LogP contribution in [0.2, 0.25) is 0 Å².